The van der Waals surface area contributed by atoms with Gasteiger partial charge in [0.1, 0.15) is 0 Å². The predicted octanol–water partition coefficient (Wildman–Crippen LogP) is 4.01. The zero-order valence-electron chi connectivity index (χ0n) is 11.5. The van der Waals surface area contributed by atoms with Gasteiger partial charge in [-0.1, -0.05) is 57.9 Å². The number of rotatable bonds is 5. The fourth-order valence-corrected chi connectivity index (χ4v) is 2.40. The van der Waals surface area contributed by atoms with Crippen LogP contribution in [0.4, 0.5) is 0 Å². The van der Waals surface area contributed by atoms with E-state index in [2.05, 4.69) is 52.4 Å². The number of nitrogens with one attached hydrogen (secondary N) is 1. The molecule has 0 aliphatic carbocycles. The molecule has 2 aromatic carbocycles. The average Bonchev–Trinajstić information content (AvgIpc) is 2.45. The lowest BCUT2D eigenvalue weighted by atomic mass is 10.1. The van der Waals surface area contributed by atoms with E-state index in [1.807, 2.05) is 24.3 Å². The molecule has 0 saturated heterocycles. The van der Waals surface area contributed by atoms with E-state index < -0.39 is 0 Å². The van der Waals surface area contributed by atoms with Gasteiger partial charge in [0, 0.05) is 17.4 Å². The van der Waals surface area contributed by atoms with Crippen LogP contribution in [0.2, 0.25) is 0 Å². The molecule has 0 spiro atoms. The summed E-state index contributed by atoms with van der Waals surface area (Å²) in [6.45, 7) is 2.64. The largest absolute Gasteiger partial charge is 0.352 e. The minimum Gasteiger partial charge on any atom is -0.352 e. The van der Waals surface area contributed by atoms with Gasteiger partial charge in [-0.05, 0) is 36.6 Å². The molecular formula is C17H18BrNO. The van der Waals surface area contributed by atoms with Gasteiger partial charge in [0.15, 0.2) is 0 Å². The molecule has 0 radical (unpaired) electrons. The van der Waals surface area contributed by atoms with Crippen LogP contribution in [0.25, 0.3) is 0 Å². The highest BCUT2D eigenvalue weighted by Crippen LogP contribution is 2.11. The molecule has 0 bridgehead atoms. The zero-order valence-corrected chi connectivity index (χ0v) is 13.1. The second-order valence-corrected chi connectivity index (χ2v) is 5.81. The molecular weight excluding hydrogens is 314 g/mol. The van der Waals surface area contributed by atoms with Crippen LogP contribution in [0.3, 0.4) is 0 Å². The van der Waals surface area contributed by atoms with Crippen molar-refractivity contribution in [2.75, 3.05) is 0 Å². The summed E-state index contributed by atoms with van der Waals surface area (Å²) in [7, 11) is 0. The number of hydrogen-bond acceptors (Lipinski definition) is 1. The number of benzene rings is 2. The molecule has 0 heterocycles. The summed E-state index contributed by atoms with van der Waals surface area (Å²) in [4.78, 5) is 11.8. The van der Waals surface area contributed by atoms with Gasteiger partial charge in [-0.15, -0.1) is 0 Å². The number of carbonyl (C=O) groups excluding carboxylic acids is 1. The van der Waals surface area contributed by atoms with Crippen molar-refractivity contribution in [1.29, 1.82) is 0 Å². The molecule has 0 atom stereocenters. The lowest BCUT2D eigenvalue weighted by Crippen LogP contribution is -2.22. The van der Waals surface area contributed by atoms with Crippen molar-refractivity contribution >= 4 is 21.8 Å². The Labute approximate surface area is 128 Å². The summed E-state index contributed by atoms with van der Waals surface area (Å²) in [5.74, 6) is 0.0885. The summed E-state index contributed by atoms with van der Waals surface area (Å²) >= 11 is 3.42. The molecule has 0 aliphatic rings. The Morgan fingerprint density at radius 1 is 1.10 bits per heavy atom. The van der Waals surface area contributed by atoms with Gasteiger partial charge in [-0.3, -0.25) is 4.79 Å². The van der Waals surface area contributed by atoms with Crippen LogP contribution in [-0.2, 0) is 17.8 Å². The molecule has 0 fully saturated rings. The van der Waals surface area contributed by atoms with Crippen LogP contribution < -0.4 is 5.32 Å². The maximum atomic E-state index is 11.8. The Hall–Kier alpha value is -1.61. The number of hydrogen-bond donors (Lipinski definition) is 1. The van der Waals surface area contributed by atoms with Crippen LogP contribution in [0.15, 0.2) is 53.0 Å². The molecule has 0 unspecified atom stereocenters. The van der Waals surface area contributed by atoms with Crippen molar-refractivity contribution in [2.45, 2.75) is 26.3 Å². The van der Waals surface area contributed by atoms with E-state index in [1.54, 1.807) is 0 Å². The first kappa shape index (κ1) is 14.8. The predicted molar refractivity (Wildman–Crippen MR) is 85.5 cm³/mol. The summed E-state index contributed by atoms with van der Waals surface area (Å²) in [6, 6.07) is 16.3. The number of amides is 1. The van der Waals surface area contributed by atoms with Crippen molar-refractivity contribution in [3.8, 4) is 0 Å². The molecule has 2 nitrogen and oxygen atoms in total. The van der Waals surface area contributed by atoms with Crippen molar-refractivity contribution in [3.05, 3.63) is 69.7 Å². The minimum absolute atomic E-state index is 0.0885. The average molecular weight is 332 g/mol. The van der Waals surface area contributed by atoms with Crippen LogP contribution >= 0.6 is 15.9 Å². The quantitative estimate of drug-likeness (QED) is 0.881. The lowest BCUT2D eigenvalue weighted by molar-refractivity contribution is -0.121. The van der Waals surface area contributed by atoms with Crippen molar-refractivity contribution in [3.63, 3.8) is 0 Å². The van der Waals surface area contributed by atoms with Crippen molar-refractivity contribution in [1.82, 2.24) is 5.32 Å². The third kappa shape index (κ3) is 4.82. The summed E-state index contributed by atoms with van der Waals surface area (Å²) in [5.41, 5.74) is 3.55. The Balaban J connectivity index is 1.77. The Kier molecular flexibility index (Phi) is 5.36. The van der Waals surface area contributed by atoms with Gasteiger partial charge >= 0.3 is 0 Å². The highest BCUT2D eigenvalue weighted by atomic mass is 79.9. The maximum absolute atomic E-state index is 11.8. The first-order valence-electron chi connectivity index (χ1n) is 6.70. The molecule has 1 amide bonds. The summed E-state index contributed by atoms with van der Waals surface area (Å²) < 4.78 is 1.03. The van der Waals surface area contributed by atoms with E-state index in [1.165, 1.54) is 11.1 Å². The molecule has 3 heteroatoms. The highest BCUT2D eigenvalue weighted by molar-refractivity contribution is 9.10. The second kappa shape index (κ2) is 7.25. The SMILES string of the molecule is Cc1ccc(CCC(=O)NCc2cccc(Br)c2)cc1. The third-order valence-electron chi connectivity index (χ3n) is 3.14. The molecule has 2 aromatic rings. The Morgan fingerprint density at radius 2 is 1.85 bits per heavy atom. The maximum Gasteiger partial charge on any atom is 0.220 e. The topological polar surface area (TPSA) is 29.1 Å². The van der Waals surface area contributed by atoms with Gasteiger partial charge in [0.2, 0.25) is 5.91 Å². The van der Waals surface area contributed by atoms with E-state index in [4.69, 9.17) is 0 Å². The number of aryl methyl sites for hydroxylation is 2. The van der Waals surface area contributed by atoms with E-state index in [-0.39, 0.29) is 5.91 Å². The van der Waals surface area contributed by atoms with Crippen LogP contribution in [0.1, 0.15) is 23.1 Å². The third-order valence-corrected chi connectivity index (χ3v) is 3.63. The van der Waals surface area contributed by atoms with E-state index in [0.717, 1.165) is 16.5 Å². The van der Waals surface area contributed by atoms with E-state index >= 15 is 0 Å². The van der Waals surface area contributed by atoms with Crippen LogP contribution in [0, 0.1) is 6.92 Å². The molecule has 0 saturated carbocycles. The molecule has 104 valence electrons. The fourth-order valence-electron chi connectivity index (χ4n) is 1.95. The van der Waals surface area contributed by atoms with Crippen LogP contribution in [-0.4, -0.2) is 5.91 Å². The van der Waals surface area contributed by atoms with E-state index in [0.29, 0.717) is 13.0 Å². The van der Waals surface area contributed by atoms with Gasteiger partial charge in [-0.25, -0.2) is 0 Å². The summed E-state index contributed by atoms with van der Waals surface area (Å²) in [6.07, 6.45) is 1.31. The molecule has 0 aliphatic heterocycles. The minimum atomic E-state index is 0.0885. The first-order valence-corrected chi connectivity index (χ1v) is 7.49. The van der Waals surface area contributed by atoms with Crippen molar-refractivity contribution < 1.29 is 4.79 Å². The van der Waals surface area contributed by atoms with Gasteiger partial charge < -0.3 is 5.32 Å². The molecule has 20 heavy (non-hydrogen) atoms. The molecule has 1 N–H and O–H groups in total. The summed E-state index contributed by atoms with van der Waals surface area (Å²) in [5, 5.41) is 2.95. The van der Waals surface area contributed by atoms with Gasteiger partial charge in [-0.2, -0.15) is 0 Å². The number of carbonyl (C=O) groups is 1. The fraction of sp³-hybridized carbons (Fsp3) is 0.235. The lowest BCUT2D eigenvalue weighted by Gasteiger charge is -2.06. The molecule has 0 aromatic heterocycles. The van der Waals surface area contributed by atoms with Crippen LogP contribution in [0.5, 0.6) is 0 Å². The van der Waals surface area contributed by atoms with Gasteiger partial charge in [0.25, 0.3) is 0 Å². The standard InChI is InChI=1S/C17H18BrNO/c1-13-5-7-14(8-6-13)9-10-17(20)19-12-15-3-2-4-16(18)11-15/h2-8,11H,9-10,12H2,1H3,(H,19,20). The van der Waals surface area contributed by atoms with Gasteiger partial charge in [0.05, 0.1) is 0 Å². The first-order chi connectivity index (χ1) is 9.63. The molecule has 2 rings (SSSR count). The Bertz CT molecular complexity index is 578. The zero-order chi connectivity index (χ0) is 14.4. The second-order valence-electron chi connectivity index (χ2n) is 4.89. The smallest absolute Gasteiger partial charge is 0.220 e. The van der Waals surface area contributed by atoms with Crippen molar-refractivity contribution in [2.24, 2.45) is 0 Å². The normalized spacial score (nSPS) is 10.3. The Morgan fingerprint density at radius 3 is 2.55 bits per heavy atom. The van der Waals surface area contributed by atoms with E-state index in [9.17, 15) is 4.79 Å². The highest BCUT2D eigenvalue weighted by Gasteiger charge is 2.02. The number of halogens is 1. The monoisotopic (exact) mass is 331 g/mol.